The van der Waals surface area contributed by atoms with Crippen molar-refractivity contribution >= 4 is 17.0 Å². The van der Waals surface area contributed by atoms with Crippen molar-refractivity contribution in [2.24, 2.45) is 23.7 Å². The molecule has 3 fully saturated rings. The summed E-state index contributed by atoms with van der Waals surface area (Å²) in [6, 6.07) is 0.224. The fourth-order valence-electron chi connectivity index (χ4n) is 6.10. The van der Waals surface area contributed by atoms with E-state index in [-0.39, 0.29) is 23.6 Å². The van der Waals surface area contributed by atoms with Gasteiger partial charge in [-0.25, -0.2) is 19.7 Å². The maximum Gasteiger partial charge on any atom is 0.439 e. The predicted octanol–water partition coefficient (Wildman–Crippen LogP) is 4.60. The largest absolute Gasteiger partial charge is 0.439 e. The van der Waals surface area contributed by atoms with Crippen LogP contribution in [-0.2, 0) is 6.54 Å². The Labute approximate surface area is 216 Å². The highest BCUT2D eigenvalue weighted by atomic mass is 16.5. The Morgan fingerprint density at radius 2 is 1.84 bits per heavy atom. The number of allylic oxidation sites excluding steroid dienone is 1. The van der Waals surface area contributed by atoms with Crippen LogP contribution in [0, 0.1) is 23.7 Å². The lowest BCUT2D eigenvalue weighted by atomic mass is 9.80. The second-order valence-electron chi connectivity index (χ2n) is 11.4. The number of H-pyrrole nitrogens is 1. The molecule has 3 aliphatic rings. The number of aliphatic hydroxyl groups excluding tert-OH is 1. The van der Waals surface area contributed by atoms with E-state index in [0.717, 1.165) is 57.0 Å². The number of imidazole rings is 1. The number of aliphatic hydroxyl groups is 1. The number of aromatic amines is 1. The molecule has 0 aliphatic heterocycles. The van der Waals surface area contributed by atoms with Crippen LogP contribution in [0.2, 0.25) is 0 Å². The number of fused-ring (bicyclic) bond motifs is 1. The summed E-state index contributed by atoms with van der Waals surface area (Å²) >= 11 is 0. The molecule has 2 unspecified atom stereocenters. The van der Waals surface area contributed by atoms with Crippen LogP contribution in [0.15, 0.2) is 22.0 Å². The molecule has 0 aromatic carbocycles. The molecule has 3 N–H and O–H groups in total. The lowest BCUT2D eigenvalue weighted by Gasteiger charge is -2.33. The van der Waals surface area contributed by atoms with E-state index in [1.54, 1.807) is 0 Å². The van der Waals surface area contributed by atoms with Crippen LogP contribution in [0.1, 0.15) is 83.1 Å². The molecular formula is C27H37N7O3. The Morgan fingerprint density at radius 3 is 2.43 bits per heavy atom. The first-order valence-electron chi connectivity index (χ1n) is 13.9. The third-order valence-electron chi connectivity index (χ3n) is 9.03. The highest BCUT2D eigenvalue weighted by Crippen LogP contribution is 2.40. The van der Waals surface area contributed by atoms with Crippen molar-refractivity contribution < 1.29 is 9.63 Å². The number of hydrogen-bond acceptors (Lipinski definition) is 8. The van der Waals surface area contributed by atoms with Crippen molar-refractivity contribution in [3.63, 3.8) is 0 Å². The number of nitrogens with zero attached hydrogens (tertiary/aromatic N) is 5. The van der Waals surface area contributed by atoms with E-state index in [9.17, 15) is 9.90 Å². The Bertz CT molecular complexity index is 1310. The normalized spacial score (nSPS) is 24.4. The molecule has 0 spiro atoms. The van der Waals surface area contributed by atoms with Crippen molar-refractivity contribution in [2.45, 2.75) is 89.8 Å². The number of hydrogen-bond donors (Lipinski definition) is 3. The van der Waals surface area contributed by atoms with Crippen molar-refractivity contribution in [1.29, 1.82) is 0 Å². The van der Waals surface area contributed by atoms with Gasteiger partial charge in [0.25, 0.3) is 0 Å². The van der Waals surface area contributed by atoms with E-state index in [1.165, 1.54) is 19.3 Å². The number of anilines is 1. The lowest BCUT2D eigenvalue weighted by Crippen LogP contribution is -2.31. The predicted molar refractivity (Wildman–Crippen MR) is 140 cm³/mol. The summed E-state index contributed by atoms with van der Waals surface area (Å²) in [6.07, 6.45) is 12.8. The van der Waals surface area contributed by atoms with Crippen LogP contribution < -0.4 is 11.1 Å². The van der Waals surface area contributed by atoms with Gasteiger partial charge in [0.05, 0.1) is 0 Å². The molecule has 3 aromatic heterocycles. The van der Waals surface area contributed by atoms with Gasteiger partial charge >= 0.3 is 5.76 Å². The van der Waals surface area contributed by atoms with Crippen LogP contribution in [0.5, 0.6) is 0 Å². The summed E-state index contributed by atoms with van der Waals surface area (Å²) in [4.78, 5) is 28.6. The topological polar surface area (TPSA) is 135 Å². The smallest absolute Gasteiger partial charge is 0.385 e. The van der Waals surface area contributed by atoms with Crippen LogP contribution in [-0.4, -0.2) is 40.8 Å². The Balaban J connectivity index is 1.45. The molecule has 10 nitrogen and oxygen atoms in total. The van der Waals surface area contributed by atoms with Crippen molar-refractivity contribution in [2.75, 3.05) is 5.32 Å². The zero-order chi connectivity index (χ0) is 25.5. The van der Waals surface area contributed by atoms with Gasteiger partial charge in [-0.15, -0.1) is 6.58 Å². The van der Waals surface area contributed by atoms with Gasteiger partial charge < -0.3 is 15.0 Å². The number of rotatable bonds is 9. The maximum atomic E-state index is 11.6. The molecule has 10 heteroatoms. The van der Waals surface area contributed by atoms with Crippen molar-refractivity contribution in [3.8, 4) is 11.6 Å². The van der Waals surface area contributed by atoms with Crippen LogP contribution in [0.3, 0.4) is 0 Å². The number of aromatic nitrogens is 6. The van der Waals surface area contributed by atoms with Gasteiger partial charge in [-0.2, -0.15) is 0 Å². The van der Waals surface area contributed by atoms with Gasteiger partial charge in [-0.3, -0.25) is 9.51 Å². The molecular weight excluding hydrogens is 470 g/mol. The zero-order valence-corrected chi connectivity index (χ0v) is 21.5. The summed E-state index contributed by atoms with van der Waals surface area (Å²) in [5.74, 6) is 3.00. The first kappa shape index (κ1) is 24.3. The van der Waals surface area contributed by atoms with Gasteiger partial charge in [0.1, 0.15) is 17.4 Å². The fraction of sp³-hybridized carbons (Fsp3) is 0.667. The minimum absolute atomic E-state index is 0.171. The third-order valence-corrected chi connectivity index (χ3v) is 9.03. The second kappa shape index (κ2) is 10.0. The van der Waals surface area contributed by atoms with Gasteiger partial charge in [-0.1, -0.05) is 24.1 Å². The molecule has 198 valence electrons. The van der Waals surface area contributed by atoms with E-state index in [4.69, 9.17) is 19.5 Å². The number of nitrogens with one attached hydrogen (secondary N) is 2. The molecule has 0 amide bonds. The van der Waals surface area contributed by atoms with Crippen molar-refractivity contribution in [1.82, 2.24) is 29.7 Å². The van der Waals surface area contributed by atoms with Gasteiger partial charge in [0.15, 0.2) is 11.5 Å². The van der Waals surface area contributed by atoms with E-state index < -0.39 is 11.9 Å². The summed E-state index contributed by atoms with van der Waals surface area (Å²) in [5, 5.41) is 18.9. The summed E-state index contributed by atoms with van der Waals surface area (Å²) < 4.78 is 6.90. The van der Waals surface area contributed by atoms with Crippen LogP contribution in [0.25, 0.3) is 22.8 Å². The molecule has 3 heterocycles. The van der Waals surface area contributed by atoms with Crippen LogP contribution >= 0.6 is 0 Å². The molecule has 3 aromatic rings. The Hall–Kier alpha value is -3.01. The van der Waals surface area contributed by atoms with E-state index in [1.807, 2.05) is 0 Å². The van der Waals surface area contributed by atoms with Gasteiger partial charge in [0.2, 0.25) is 11.6 Å². The molecule has 2 atom stereocenters. The summed E-state index contributed by atoms with van der Waals surface area (Å²) in [6.45, 7) is 6.96. The molecule has 3 saturated carbocycles. The fourth-order valence-corrected chi connectivity index (χ4v) is 6.10. The Morgan fingerprint density at radius 1 is 1.11 bits per heavy atom. The van der Waals surface area contributed by atoms with Crippen molar-refractivity contribution in [3.05, 3.63) is 29.0 Å². The molecule has 3 aliphatic carbocycles. The standard InChI is InChI=1S/C27H37N7O3/c1-3-16-10-12-17(13-11-16)14-34-20-22(28-15(2)18-6-4-7-18)29-24(25-32-27(36)37-33-25)30-23(20)31-26(34)21(35)19-8-5-9-19/h3,15-19,21,35H,1,4-14H2,2H3,(H,28,29,30)(H,32,33,36). The third kappa shape index (κ3) is 4.71. The quantitative estimate of drug-likeness (QED) is 0.358. The second-order valence-corrected chi connectivity index (χ2v) is 11.4. The summed E-state index contributed by atoms with van der Waals surface area (Å²) in [7, 11) is 0. The van der Waals surface area contributed by atoms with Gasteiger partial charge in [0, 0.05) is 12.6 Å². The highest BCUT2D eigenvalue weighted by Gasteiger charge is 2.34. The first-order valence-corrected chi connectivity index (χ1v) is 13.9. The van der Waals surface area contributed by atoms with Gasteiger partial charge in [-0.05, 0) is 82.0 Å². The highest BCUT2D eigenvalue weighted by molar-refractivity contribution is 5.85. The Kier molecular flexibility index (Phi) is 6.60. The minimum Gasteiger partial charge on any atom is -0.385 e. The maximum absolute atomic E-state index is 11.6. The molecule has 0 bridgehead atoms. The summed E-state index contributed by atoms with van der Waals surface area (Å²) in [5.41, 5.74) is 1.32. The average Bonchev–Trinajstić information content (AvgIpc) is 3.41. The van der Waals surface area contributed by atoms with E-state index in [2.05, 4.69) is 39.6 Å². The molecule has 6 rings (SSSR count). The molecule has 37 heavy (non-hydrogen) atoms. The van der Waals surface area contributed by atoms with Crippen LogP contribution in [0.4, 0.5) is 5.82 Å². The molecule has 0 saturated heterocycles. The first-order chi connectivity index (χ1) is 18.0. The van der Waals surface area contributed by atoms with E-state index in [0.29, 0.717) is 35.0 Å². The molecule has 0 radical (unpaired) electrons. The monoisotopic (exact) mass is 507 g/mol. The van der Waals surface area contributed by atoms with E-state index >= 15 is 0 Å². The zero-order valence-electron chi connectivity index (χ0n) is 21.5. The lowest BCUT2D eigenvalue weighted by molar-refractivity contribution is 0.0514. The average molecular weight is 508 g/mol. The SMILES string of the molecule is C=CC1CCC(Cn2c(C(O)C3CCC3)nc3nc(-c4noc(=O)[nH]4)nc(NC(C)C4CCC4)c32)CC1. The minimum atomic E-state index is -0.655.